The van der Waals surface area contributed by atoms with E-state index in [0.717, 1.165) is 54.3 Å². The number of amides is 1. The third-order valence-corrected chi connectivity index (χ3v) is 7.78. The number of hydrogen-bond acceptors (Lipinski definition) is 6. The van der Waals surface area contributed by atoms with Crippen LogP contribution in [0.15, 0.2) is 66.9 Å². The van der Waals surface area contributed by atoms with E-state index in [0.29, 0.717) is 16.5 Å². The van der Waals surface area contributed by atoms with E-state index in [4.69, 9.17) is 21.3 Å². The zero-order valence-electron chi connectivity index (χ0n) is 20.1. The van der Waals surface area contributed by atoms with Crippen LogP contribution < -0.4 is 10.1 Å². The summed E-state index contributed by atoms with van der Waals surface area (Å²) in [5.74, 6) is -0.468. The number of pyridine rings is 1. The Morgan fingerprint density at radius 1 is 1.08 bits per heavy atom. The molecule has 7 nitrogen and oxygen atoms in total. The fourth-order valence-corrected chi connectivity index (χ4v) is 5.88. The predicted octanol–water partition coefficient (Wildman–Crippen LogP) is 6.61. The number of aryl methyl sites for hydroxylation is 1. The number of rotatable bonds is 5. The van der Waals surface area contributed by atoms with Crippen LogP contribution in [0.2, 0.25) is 5.02 Å². The SMILES string of the molecule is Cc1cc2nc(-c3ccnc(-c4ccc5c(c4)OCC(=O)N5)c3)sc2c(-c2ccc(Cl)cc2)c1CC(=O)O. The first-order valence-electron chi connectivity index (χ1n) is 11.8. The third-order valence-electron chi connectivity index (χ3n) is 6.39. The van der Waals surface area contributed by atoms with E-state index >= 15 is 0 Å². The van der Waals surface area contributed by atoms with Crippen LogP contribution in [0.5, 0.6) is 5.75 Å². The molecule has 2 aromatic heterocycles. The summed E-state index contributed by atoms with van der Waals surface area (Å²) < 4.78 is 6.48. The van der Waals surface area contributed by atoms with E-state index in [-0.39, 0.29) is 18.9 Å². The van der Waals surface area contributed by atoms with E-state index in [2.05, 4.69) is 10.3 Å². The Bertz CT molecular complexity index is 1750. The molecule has 0 saturated heterocycles. The lowest BCUT2D eigenvalue weighted by Gasteiger charge is -2.18. The molecule has 1 aliphatic rings. The molecule has 0 aliphatic carbocycles. The normalized spacial score (nSPS) is 12.6. The molecule has 188 valence electrons. The Morgan fingerprint density at radius 2 is 1.87 bits per heavy atom. The lowest BCUT2D eigenvalue weighted by molar-refractivity contribution is -0.136. The predicted molar refractivity (Wildman–Crippen MR) is 149 cm³/mol. The lowest BCUT2D eigenvalue weighted by atomic mass is 9.93. The third kappa shape index (κ3) is 4.49. The number of benzene rings is 3. The molecule has 0 radical (unpaired) electrons. The number of aromatic nitrogens is 2. The largest absolute Gasteiger partial charge is 0.482 e. The van der Waals surface area contributed by atoms with Gasteiger partial charge in [0.05, 0.1) is 28.0 Å². The van der Waals surface area contributed by atoms with Gasteiger partial charge in [-0.15, -0.1) is 11.3 Å². The van der Waals surface area contributed by atoms with Gasteiger partial charge in [0.15, 0.2) is 6.61 Å². The van der Waals surface area contributed by atoms with Gasteiger partial charge < -0.3 is 15.2 Å². The maximum absolute atomic E-state index is 11.7. The summed E-state index contributed by atoms with van der Waals surface area (Å²) in [5, 5.41) is 13.8. The number of halogens is 1. The molecule has 1 aliphatic heterocycles. The summed E-state index contributed by atoms with van der Waals surface area (Å²) in [6.07, 6.45) is 1.65. The Morgan fingerprint density at radius 3 is 2.66 bits per heavy atom. The van der Waals surface area contributed by atoms with Gasteiger partial charge in [-0.2, -0.15) is 0 Å². The van der Waals surface area contributed by atoms with Gasteiger partial charge in [0, 0.05) is 27.9 Å². The molecular formula is C29H20ClN3O4S. The highest BCUT2D eigenvalue weighted by Gasteiger charge is 2.20. The summed E-state index contributed by atoms with van der Waals surface area (Å²) in [5.41, 5.74) is 7.32. The highest BCUT2D eigenvalue weighted by molar-refractivity contribution is 7.22. The molecule has 9 heteroatoms. The van der Waals surface area contributed by atoms with Crippen molar-refractivity contribution in [2.75, 3.05) is 11.9 Å². The number of nitrogens with one attached hydrogen (secondary N) is 1. The minimum absolute atomic E-state index is 0.0190. The Balaban J connectivity index is 1.46. The van der Waals surface area contributed by atoms with Crippen LogP contribution in [0.1, 0.15) is 11.1 Å². The van der Waals surface area contributed by atoms with Crippen molar-refractivity contribution in [1.82, 2.24) is 9.97 Å². The first-order valence-corrected chi connectivity index (χ1v) is 13.0. The van der Waals surface area contributed by atoms with Gasteiger partial charge in [-0.05, 0) is 66.1 Å². The number of hydrogen-bond donors (Lipinski definition) is 2. The molecule has 2 N–H and O–H groups in total. The van der Waals surface area contributed by atoms with Gasteiger partial charge in [-0.1, -0.05) is 29.8 Å². The number of carbonyl (C=O) groups excluding carboxylic acids is 1. The number of ether oxygens (including phenoxy) is 1. The number of carbonyl (C=O) groups is 2. The smallest absolute Gasteiger partial charge is 0.307 e. The van der Waals surface area contributed by atoms with Crippen LogP contribution >= 0.6 is 22.9 Å². The van der Waals surface area contributed by atoms with Crippen molar-refractivity contribution in [1.29, 1.82) is 0 Å². The topological polar surface area (TPSA) is 101 Å². The van der Waals surface area contributed by atoms with Gasteiger partial charge in [-0.3, -0.25) is 14.6 Å². The van der Waals surface area contributed by atoms with Crippen LogP contribution in [0.4, 0.5) is 5.69 Å². The van der Waals surface area contributed by atoms with Crippen LogP contribution in [0.25, 0.3) is 43.2 Å². The standard InChI is InChI=1S/C29H20ClN3O4S/c1-15-10-23-28(27(20(15)13-26(35)36)16-2-5-19(30)6-3-16)38-29(33-23)18-8-9-31-22(11-18)17-4-7-21-24(12-17)37-14-25(34)32-21/h2-12H,13-14H2,1H3,(H,32,34)(H,35,36). The van der Waals surface area contributed by atoms with E-state index in [1.807, 2.05) is 49.4 Å². The molecule has 0 saturated carbocycles. The van der Waals surface area contributed by atoms with Crippen LogP contribution in [-0.4, -0.2) is 33.6 Å². The molecule has 0 bridgehead atoms. The van der Waals surface area contributed by atoms with Gasteiger partial charge >= 0.3 is 5.97 Å². The summed E-state index contributed by atoms with van der Waals surface area (Å²) in [7, 11) is 0. The fraction of sp³-hybridized carbons (Fsp3) is 0.103. The maximum Gasteiger partial charge on any atom is 0.307 e. The van der Waals surface area contributed by atoms with Crippen LogP contribution in [0, 0.1) is 6.92 Å². The number of carboxylic acids is 1. The van der Waals surface area contributed by atoms with Crippen molar-refractivity contribution >= 4 is 50.7 Å². The number of carboxylic acid groups (broad SMARTS) is 1. The second-order valence-electron chi connectivity index (χ2n) is 8.97. The second kappa shape index (κ2) is 9.55. The summed E-state index contributed by atoms with van der Waals surface area (Å²) in [6.45, 7) is 1.90. The molecule has 0 spiro atoms. The second-order valence-corrected chi connectivity index (χ2v) is 10.4. The molecule has 3 aromatic carbocycles. The van der Waals surface area contributed by atoms with Crippen molar-refractivity contribution in [3.8, 4) is 38.7 Å². The van der Waals surface area contributed by atoms with E-state index < -0.39 is 5.97 Å². The van der Waals surface area contributed by atoms with Gasteiger partial charge in [0.1, 0.15) is 10.8 Å². The van der Waals surface area contributed by atoms with Crippen LogP contribution in [0.3, 0.4) is 0 Å². The van der Waals surface area contributed by atoms with Gasteiger partial charge in [0.25, 0.3) is 5.91 Å². The number of fused-ring (bicyclic) bond motifs is 2. The number of aliphatic carboxylic acids is 1. The molecule has 38 heavy (non-hydrogen) atoms. The number of nitrogens with zero attached hydrogens (tertiary/aromatic N) is 2. The Labute approximate surface area is 226 Å². The van der Waals surface area contributed by atoms with Crippen LogP contribution in [-0.2, 0) is 16.0 Å². The molecule has 0 fully saturated rings. The number of anilines is 1. The molecule has 1 amide bonds. The van der Waals surface area contributed by atoms with Gasteiger partial charge in [-0.25, -0.2) is 4.98 Å². The van der Waals surface area contributed by atoms with Crippen molar-refractivity contribution in [3.63, 3.8) is 0 Å². The Hall–Kier alpha value is -4.27. The summed E-state index contributed by atoms with van der Waals surface area (Å²) in [6, 6.07) is 18.8. The molecule has 0 unspecified atom stereocenters. The molecule has 6 rings (SSSR count). The first-order chi connectivity index (χ1) is 18.4. The van der Waals surface area contributed by atoms with E-state index in [1.54, 1.807) is 24.4 Å². The first kappa shape index (κ1) is 24.1. The summed E-state index contributed by atoms with van der Waals surface area (Å²) in [4.78, 5) is 32.8. The quantitative estimate of drug-likeness (QED) is 0.259. The minimum atomic E-state index is -0.889. The van der Waals surface area contributed by atoms with Crippen molar-refractivity contribution < 1.29 is 19.4 Å². The van der Waals surface area contributed by atoms with Crippen molar-refractivity contribution in [3.05, 3.63) is 83.0 Å². The maximum atomic E-state index is 11.7. The average Bonchev–Trinajstić information content (AvgIpc) is 3.33. The number of thiazole rings is 1. The summed E-state index contributed by atoms with van der Waals surface area (Å²) >= 11 is 7.65. The zero-order chi connectivity index (χ0) is 26.4. The molecule has 5 aromatic rings. The van der Waals surface area contributed by atoms with Crippen molar-refractivity contribution in [2.24, 2.45) is 0 Å². The van der Waals surface area contributed by atoms with E-state index in [1.165, 1.54) is 11.3 Å². The van der Waals surface area contributed by atoms with Crippen molar-refractivity contribution in [2.45, 2.75) is 13.3 Å². The minimum Gasteiger partial charge on any atom is -0.482 e. The van der Waals surface area contributed by atoms with E-state index in [9.17, 15) is 14.7 Å². The monoisotopic (exact) mass is 541 g/mol. The molecule has 0 atom stereocenters. The fourth-order valence-electron chi connectivity index (χ4n) is 4.62. The average molecular weight is 542 g/mol. The molecular weight excluding hydrogens is 522 g/mol. The zero-order valence-corrected chi connectivity index (χ0v) is 21.7. The lowest BCUT2D eigenvalue weighted by Crippen LogP contribution is -2.25. The Kier molecular flexibility index (Phi) is 6.06. The highest BCUT2D eigenvalue weighted by Crippen LogP contribution is 2.41. The van der Waals surface area contributed by atoms with Gasteiger partial charge in [0.2, 0.25) is 0 Å². The highest BCUT2D eigenvalue weighted by atomic mass is 35.5. The molecule has 3 heterocycles.